The molecule has 0 rings (SSSR count). The van der Waals surface area contributed by atoms with Crippen LogP contribution in [0.1, 0.15) is 71.6 Å². The SMILES string of the molecule is CCCC(C)CCCCCCCCOS(=O)(=O)[O-]. The predicted molar refractivity (Wildman–Crippen MR) is 72.0 cm³/mol. The van der Waals surface area contributed by atoms with E-state index in [0.717, 1.165) is 18.8 Å². The van der Waals surface area contributed by atoms with Crippen LogP contribution in [0.4, 0.5) is 0 Å². The van der Waals surface area contributed by atoms with Gasteiger partial charge in [0.25, 0.3) is 0 Å². The van der Waals surface area contributed by atoms with Crippen LogP contribution >= 0.6 is 0 Å². The lowest BCUT2D eigenvalue weighted by atomic mass is 9.98. The van der Waals surface area contributed by atoms with Gasteiger partial charge < -0.3 is 4.55 Å². The van der Waals surface area contributed by atoms with E-state index in [4.69, 9.17) is 0 Å². The fourth-order valence-electron chi connectivity index (χ4n) is 2.10. The lowest BCUT2D eigenvalue weighted by Crippen LogP contribution is -2.05. The van der Waals surface area contributed by atoms with Crippen LogP contribution in [0.3, 0.4) is 0 Å². The number of hydrogen-bond acceptors (Lipinski definition) is 4. The Morgan fingerprint density at radius 3 is 2.11 bits per heavy atom. The van der Waals surface area contributed by atoms with Gasteiger partial charge in [-0.1, -0.05) is 65.2 Å². The third kappa shape index (κ3) is 13.9. The van der Waals surface area contributed by atoms with Crippen LogP contribution in [0, 0.1) is 5.92 Å². The maximum Gasteiger partial charge on any atom is 0.217 e. The lowest BCUT2D eigenvalue weighted by Gasteiger charge is -2.09. The van der Waals surface area contributed by atoms with E-state index < -0.39 is 10.4 Å². The summed E-state index contributed by atoms with van der Waals surface area (Å²) in [4.78, 5) is 0. The summed E-state index contributed by atoms with van der Waals surface area (Å²) < 4.78 is 34.6. The van der Waals surface area contributed by atoms with Gasteiger partial charge in [-0.25, -0.2) is 8.42 Å². The molecular weight excluding hydrogens is 252 g/mol. The molecule has 0 spiro atoms. The van der Waals surface area contributed by atoms with Crippen molar-refractivity contribution in [2.24, 2.45) is 5.92 Å². The number of rotatable bonds is 12. The number of hydrogen-bond donors (Lipinski definition) is 0. The summed E-state index contributed by atoms with van der Waals surface area (Å²) >= 11 is 0. The minimum atomic E-state index is -4.49. The Hall–Kier alpha value is -0.130. The first-order valence-electron chi connectivity index (χ1n) is 7.06. The summed E-state index contributed by atoms with van der Waals surface area (Å²) in [6, 6.07) is 0. The molecule has 0 fully saturated rings. The van der Waals surface area contributed by atoms with Gasteiger partial charge in [-0.05, 0) is 12.3 Å². The molecule has 0 saturated carbocycles. The van der Waals surface area contributed by atoms with Crippen LogP contribution in [0.2, 0.25) is 0 Å². The van der Waals surface area contributed by atoms with E-state index in [1.54, 1.807) is 0 Å². The largest absolute Gasteiger partial charge is 0.726 e. The molecule has 0 heterocycles. The molecule has 1 atom stereocenters. The molecule has 0 aliphatic heterocycles. The van der Waals surface area contributed by atoms with Gasteiger partial charge in [0.15, 0.2) is 0 Å². The van der Waals surface area contributed by atoms with Gasteiger partial charge in [-0.2, -0.15) is 0 Å². The third-order valence-electron chi connectivity index (χ3n) is 3.10. The molecule has 0 saturated heterocycles. The first kappa shape index (κ1) is 17.9. The van der Waals surface area contributed by atoms with Crippen molar-refractivity contribution in [1.82, 2.24) is 0 Å². The normalized spacial score (nSPS) is 13.7. The fourth-order valence-corrected chi connectivity index (χ4v) is 2.42. The topological polar surface area (TPSA) is 66.4 Å². The monoisotopic (exact) mass is 279 g/mol. The maximum atomic E-state index is 10.1. The van der Waals surface area contributed by atoms with Crippen LogP contribution in [-0.4, -0.2) is 19.6 Å². The average molecular weight is 279 g/mol. The highest BCUT2D eigenvalue weighted by atomic mass is 32.3. The van der Waals surface area contributed by atoms with Crippen LogP contribution in [0.15, 0.2) is 0 Å². The van der Waals surface area contributed by atoms with Crippen LogP contribution in [0.5, 0.6) is 0 Å². The van der Waals surface area contributed by atoms with Crippen LogP contribution < -0.4 is 0 Å². The Morgan fingerprint density at radius 2 is 1.56 bits per heavy atom. The van der Waals surface area contributed by atoms with E-state index in [2.05, 4.69) is 18.0 Å². The van der Waals surface area contributed by atoms with Gasteiger partial charge in [-0.3, -0.25) is 4.18 Å². The highest BCUT2D eigenvalue weighted by molar-refractivity contribution is 7.80. The molecule has 5 heteroatoms. The molecule has 110 valence electrons. The Morgan fingerprint density at radius 1 is 1.00 bits per heavy atom. The lowest BCUT2D eigenvalue weighted by molar-refractivity contribution is 0.255. The summed E-state index contributed by atoms with van der Waals surface area (Å²) in [6.07, 6.45) is 10.3. The standard InChI is InChI=1S/C13H28O4S/c1-3-10-13(2)11-8-6-4-5-7-9-12-17-18(14,15)16/h13H,3-12H2,1-2H3,(H,14,15,16)/p-1. The first-order chi connectivity index (χ1) is 8.45. The third-order valence-corrected chi connectivity index (χ3v) is 3.56. The molecule has 0 bridgehead atoms. The van der Waals surface area contributed by atoms with Gasteiger partial charge in [0.2, 0.25) is 10.4 Å². The molecule has 1 unspecified atom stereocenters. The quantitative estimate of drug-likeness (QED) is 0.311. The summed E-state index contributed by atoms with van der Waals surface area (Å²) in [5.41, 5.74) is 0. The molecule has 0 aliphatic carbocycles. The molecule has 0 aromatic carbocycles. The second kappa shape index (κ2) is 10.8. The Balaban J connectivity index is 3.17. The maximum absolute atomic E-state index is 10.1. The van der Waals surface area contributed by atoms with Crippen molar-refractivity contribution in [3.63, 3.8) is 0 Å². The molecule has 0 N–H and O–H groups in total. The highest BCUT2D eigenvalue weighted by Crippen LogP contribution is 2.15. The van der Waals surface area contributed by atoms with Crippen molar-refractivity contribution in [2.45, 2.75) is 71.6 Å². The molecule has 0 aromatic heterocycles. The average Bonchev–Trinajstić information content (AvgIpc) is 2.25. The molecule has 18 heavy (non-hydrogen) atoms. The Kier molecular flexibility index (Phi) is 10.7. The fraction of sp³-hybridized carbons (Fsp3) is 1.00. The predicted octanol–water partition coefficient (Wildman–Crippen LogP) is 3.63. The molecular formula is C13H27O4S-. The first-order valence-corrected chi connectivity index (χ1v) is 8.39. The Bertz CT molecular complexity index is 275. The van der Waals surface area contributed by atoms with Crippen molar-refractivity contribution in [1.29, 1.82) is 0 Å². The zero-order valence-electron chi connectivity index (χ0n) is 11.7. The van der Waals surface area contributed by atoms with E-state index in [-0.39, 0.29) is 6.61 Å². The van der Waals surface area contributed by atoms with Gasteiger partial charge in [0, 0.05) is 0 Å². The molecule has 4 nitrogen and oxygen atoms in total. The van der Waals surface area contributed by atoms with Gasteiger partial charge in [-0.15, -0.1) is 0 Å². The smallest absolute Gasteiger partial charge is 0.217 e. The van der Waals surface area contributed by atoms with Crippen molar-refractivity contribution in [3.05, 3.63) is 0 Å². The summed E-state index contributed by atoms with van der Waals surface area (Å²) in [5.74, 6) is 0.839. The highest BCUT2D eigenvalue weighted by Gasteiger charge is 2.00. The van der Waals surface area contributed by atoms with Gasteiger partial charge in [0.05, 0.1) is 6.61 Å². The Labute approximate surface area is 112 Å². The van der Waals surface area contributed by atoms with Crippen LogP contribution in [-0.2, 0) is 14.6 Å². The van der Waals surface area contributed by atoms with Crippen molar-refractivity contribution in [2.75, 3.05) is 6.61 Å². The minimum Gasteiger partial charge on any atom is -0.726 e. The summed E-state index contributed by atoms with van der Waals surface area (Å²) in [6.45, 7) is 4.56. The van der Waals surface area contributed by atoms with E-state index >= 15 is 0 Å². The zero-order chi connectivity index (χ0) is 13.9. The molecule has 0 radical (unpaired) electrons. The minimum absolute atomic E-state index is 0.0272. The number of unbranched alkanes of at least 4 members (excludes halogenated alkanes) is 5. The van der Waals surface area contributed by atoms with Crippen LogP contribution in [0.25, 0.3) is 0 Å². The van der Waals surface area contributed by atoms with Crippen molar-refractivity contribution < 1.29 is 17.2 Å². The zero-order valence-corrected chi connectivity index (χ0v) is 12.5. The molecule has 0 aliphatic rings. The van der Waals surface area contributed by atoms with E-state index in [0.29, 0.717) is 6.42 Å². The van der Waals surface area contributed by atoms with Crippen molar-refractivity contribution in [3.8, 4) is 0 Å². The van der Waals surface area contributed by atoms with Gasteiger partial charge in [0.1, 0.15) is 0 Å². The molecule has 0 amide bonds. The van der Waals surface area contributed by atoms with E-state index in [1.807, 2.05) is 0 Å². The van der Waals surface area contributed by atoms with E-state index in [9.17, 15) is 13.0 Å². The van der Waals surface area contributed by atoms with Crippen molar-refractivity contribution >= 4 is 10.4 Å². The van der Waals surface area contributed by atoms with E-state index in [1.165, 1.54) is 38.5 Å². The summed E-state index contributed by atoms with van der Waals surface area (Å²) in [7, 11) is -4.49. The summed E-state index contributed by atoms with van der Waals surface area (Å²) in [5, 5.41) is 0. The van der Waals surface area contributed by atoms with Gasteiger partial charge >= 0.3 is 0 Å². The molecule has 0 aromatic rings. The second-order valence-electron chi connectivity index (χ2n) is 5.03. The second-order valence-corrected chi connectivity index (χ2v) is 6.09.